The van der Waals surface area contributed by atoms with Gasteiger partial charge in [0.15, 0.2) is 0 Å². The van der Waals surface area contributed by atoms with Crippen LogP contribution in [0, 0.1) is 0 Å². The lowest BCUT2D eigenvalue weighted by molar-refractivity contribution is -0.120. The van der Waals surface area contributed by atoms with Gasteiger partial charge in [0.25, 0.3) is 0 Å². The molecule has 2 aromatic rings. The molecule has 2 rings (SSSR count). The van der Waals surface area contributed by atoms with Gasteiger partial charge in [-0.2, -0.15) is 5.10 Å². The Hall–Kier alpha value is -2.34. The van der Waals surface area contributed by atoms with Gasteiger partial charge in [0.1, 0.15) is 5.75 Å². The number of ether oxygens (including phenoxy) is 1. The summed E-state index contributed by atoms with van der Waals surface area (Å²) in [7, 11) is 1.62. The second-order valence-electron chi connectivity index (χ2n) is 5.10. The minimum atomic E-state index is -0.0433. The Morgan fingerprint density at radius 3 is 2.91 bits per heavy atom. The zero-order chi connectivity index (χ0) is 15.8. The molecular formula is C16H22N4O2. The van der Waals surface area contributed by atoms with Gasteiger partial charge in [-0.3, -0.25) is 9.48 Å². The average molecular weight is 302 g/mol. The van der Waals surface area contributed by atoms with Gasteiger partial charge in [-0.15, -0.1) is 0 Å². The standard InChI is InChI=1S/C16H22N4O2/c1-13(12-20-9-5-8-19-20)17-11-16(21)18-10-14-6-3-4-7-15(14)22-2/h3-9,13,17H,10-12H2,1-2H3,(H,18,21)/t13-/m1/s1. The smallest absolute Gasteiger partial charge is 0.234 e. The largest absolute Gasteiger partial charge is 0.496 e. The van der Waals surface area contributed by atoms with Gasteiger partial charge in [0.2, 0.25) is 5.91 Å². The molecule has 1 heterocycles. The minimum absolute atomic E-state index is 0.0433. The lowest BCUT2D eigenvalue weighted by Gasteiger charge is -2.14. The second kappa shape index (κ2) is 8.19. The van der Waals surface area contributed by atoms with Crippen LogP contribution in [-0.4, -0.2) is 35.4 Å². The van der Waals surface area contributed by atoms with Crippen molar-refractivity contribution < 1.29 is 9.53 Å². The highest BCUT2D eigenvalue weighted by atomic mass is 16.5. The molecule has 6 heteroatoms. The lowest BCUT2D eigenvalue weighted by atomic mass is 10.2. The number of carbonyl (C=O) groups is 1. The molecule has 0 fully saturated rings. The van der Waals surface area contributed by atoms with E-state index in [2.05, 4.69) is 15.7 Å². The van der Waals surface area contributed by atoms with E-state index >= 15 is 0 Å². The van der Waals surface area contributed by atoms with Crippen LogP contribution in [0.15, 0.2) is 42.7 Å². The number of nitrogens with one attached hydrogen (secondary N) is 2. The maximum absolute atomic E-state index is 11.9. The molecule has 0 saturated heterocycles. The molecule has 22 heavy (non-hydrogen) atoms. The normalized spacial score (nSPS) is 11.9. The number of aromatic nitrogens is 2. The van der Waals surface area contributed by atoms with Gasteiger partial charge < -0.3 is 15.4 Å². The topological polar surface area (TPSA) is 68.2 Å². The number of methoxy groups -OCH3 is 1. The van der Waals surface area contributed by atoms with Gasteiger partial charge in [0, 0.05) is 30.5 Å². The monoisotopic (exact) mass is 302 g/mol. The summed E-state index contributed by atoms with van der Waals surface area (Å²) < 4.78 is 7.10. The number of benzene rings is 1. The van der Waals surface area contributed by atoms with Crippen LogP contribution in [0.25, 0.3) is 0 Å². The van der Waals surface area contributed by atoms with Gasteiger partial charge in [0.05, 0.1) is 20.2 Å². The summed E-state index contributed by atoms with van der Waals surface area (Å²) in [4.78, 5) is 11.9. The molecule has 6 nitrogen and oxygen atoms in total. The molecule has 118 valence electrons. The third-order valence-corrected chi connectivity index (χ3v) is 3.30. The minimum Gasteiger partial charge on any atom is -0.496 e. The summed E-state index contributed by atoms with van der Waals surface area (Å²) in [6.07, 6.45) is 3.65. The highest BCUT2D eigenvalue weighted by Gasteiger charge is 2.07. The van der Waals surface area contributed by atoms with Crippen molar-refractivity contribution in [2.45, 2.75) is 26.1 Å². The fraction of sp³-hybridized carbons (Fsp3) is 0.375. The van der Waals surface area contributed by atoms with Crippen molar-refractivity contribution in [3.05, 3.63) is 48.3 Å². The number of hydrogen-bond donors (Lipinski definition) is 2. The fourth-order valence-corrected chi connectivity index (χ4v) is 2.13. The van der Waals surface area contributed by atoms with Crippen LogP contribution < -0.4 is 15.4 Å². The van der Waals surface area contributed by atoms with E-state index in [1.54, 1.807) is 13.3 Å². The predicted molar refractivity (Wildman–Crippen MR) is 84.5 cm³/mol. The first-order valence-electron chi connectivity index (χ1n) is 7.28. The van der Waals surface area contributed by atoms with Crippen molar-refractivity contribution in [2.24, 2.45) is 0 Å². The highest BCUT2D eigenvalue weighted by molar-refractivity contribution is 5.78. The first-order chi connectivity index (χ1) is 10.7. The lowest BCUT2D eigenvalue weighted by Crippen LogP contribution is -2.39. The summed E-state index contributed by atoms with van der Waals surface area (Å²) in [5.41, 5.74) is 0.961. The Labute approximate surface area is 130 Å². The molecule has 0 bridgehead atoms. The van der Waals surface area contributed by atoms with E-state index in [1.807, 2.05) is 48.1 Å². The molecule has 0 aliphatic rings. The van der Waals surface area contributed by atoms with E-state index in [1.165, 1.54) is 0 Å². The van der Waals surface area contributed by atoms with E-state index in [0.29, 0.717) is 6.54 Å². The van der Waals surface area contributed by atoms with Gasteiger partial charge in [-0.05, 0) is 19.1 Å². The third-order valence-electron chi connectivity index (χ3n) is 3.30. The number of hydrogen-bond acceptors (Lipinski definition) is 4. The van der Waals surface area contributed by atoms with Gasteiger partial charge in [-0.1, -0.05) is 18.2 Å². The van der Waals surface area contributed by atoms with Crippen molar-refractivity contribution in [1.82, 2.24) is 20.4 Å². The van der Waals surface area contributed by atoms with Crippen molar-refractivity contribution in [3.63, 3.8) is 0 Å². The number of para-hydroxylation sites is 1. The molecule has 0 radical (unpaired) electrons. The molecule has 0 aliphatic carbocycles. The maximum Gasteiger partial charge on any atom is 0.234 e. The molecule has 0 saturated carbocycles. The van der Waals surface area contributed by atoms with E-state index in [4.69, 9.17) is 4.74 Å². The van der Waals surface area contributed by atoms with Crippen molar-refractivity contribution in [1.29, 1.82) is 0 Å². The van der Waals surface area contributed by atoms with Crippen LogP contribution in [0.4, 0.5) is 0 Å². The Kier molecular flexibility index (Phi) is 5.97. The summed E-state index contributed by atoms with van der Waals surface area (Å²) in [6.45, 7) is 3.48. The van der Waals surface area contributed by atoms with Crippen LogP contribution in [-0.2, 0) is 17.9 Å². The van der Waals surface area contributed by atoms with Crippen LogP contribution in [0.2, 0.25) is 0 Å². The first-order valence-corrected chi connectivity index (χ1v) is 7.28. The molecule has 1 aromatic heterocycles. The van der Waals surface area contributed by atoms with E-state index < -0.39 is 0 Å². The van der Waals surface area contributed by atoms with Gasteiger partial charge >= 0.3 is 0 Å². The first kappa shape index (κ1) is 16.0. The zero-order valence-corrected chi connectivity index (χ0v) is 13.0. The predicted octanol–water partition coefficient (Wildman–Crippen LogP) is 1.19. The van der Waals surface area contributed by atoms with Crippen LogP contribution >= 0.6 is 0 Å². The molecular weight excluding hydrogens is 280 g/mol. The van der Waals surface area contributed by atoms with Crippen LogP contribution in [0.5, 0.6) is 5.75 Å². The van der Waals surface area contributed by atoms with Crippen molar-refractivity contribution in [2.75, 3.05) is 13.7 Å². The second-order valence-corrected chi connectivity index (χ2v) is 5.10. The molecule has 1 aromatic carbocycles. The van der Waals surface area contributed by atoms with Crippen LogP contribution in [0.3, 0.4) is 0 Å². The summed E-state index contributed by atoms with van der Waals surface area (Å²) in [6, 6.07) is 9.69. The quantitative estimate of drug-likeness (QED) is 0.768. The van der Waals surface area contributed by atoms with E-state index in [9.17, 15) is 4.79 Å². The Bertz CT molecular complexity index is 584. The fourth-order valence-electron chi connectivity index (χ4n) is 2.13. The number of carbonyl (C=O) groups excluding carboxylic acids is 1. The molecule has 1 amide bonds. The summed E-state index contributed by atoms with van der Waals surface area (Å²) >= 11 is 0. The number of amides is 1. The maximum atomic E-state index is 11.9. The van der Waals surface area contributed by atoms with E-state index in [-0.39, 0.29) is 18.5 Å². The SMILES string of the molecule is COc1ccccc1CNC(=O)CN[C@H](C)Cn1cccn1. The van der Waals surface area contributed by atoms with Crippen molar-refractivity contribution in [3.8, 4) is 5.75 Å². The number of rotatable bonds is 8. The molecule has 0 spiro atoms. The average Bonchev–Trinajstić information content (AvgIpc) is 3.04. The Balaban J connectivity index is 1.71. The molecule has 2 N–H and O–H groups in total. The summed E-state index contributed by atoms with van der Waals surface area (Å²) in [5.74, 6) is 0.737. The van der Waals surface area contributed by atoms with Gasteiger partial charge in [-0.25, -0.2) is 0 Å². The Morgan fingerprint density at radius 1 is 1.36 bits per heavy atom. The number of nitrogens with zero attached hydrogens (tertiary/aromatic N) is 2. The van der Waals surface area contributed by atoms with Crippen molar-refractivity contribution >= 4 is 5.91 Å². The zero-order valence-electron chi connectivity index (χ0n) is 13.0. The molecule has 1 atom stereocenters. The molecule has 0 unspecified atom stereocenters. The summed E-state index contributed by atoms with van der Waals surface area (Å²) in [5, 5.41) is 10.2. The van der Waals surface area contributed by atoms with Crippen LogP contribution in [0.1, 0.15) is 12.5 Å². The van der Waals surface area contributed by atoms with E-state index in [0.717, 1.165) is 17.9 Å². The molecule has 0 aliphatic heterocycles. The highest BCUT2D eigenvalue weighted by Crippen LogP contribution is 2.16. The third kappa shape index (κ3) is 4.89. The Morgan fingerprint density at radius 2 is 2.18 bits per heavy atom.